The Hall–Kier alpha value is -1.19. The molecule has 4 nitrogen and oxygen atoms in total. The van der Waals surface area contributed by atoms with Crippen LogP contribution in [0.1, 0.15) is 192 Å². The molecule has 0 fully saturated rings. The minimum atomic E-state index is 0.116. The van der Waals surface area contributed by atoms with E-state index >= 15 is 0 Å². The second-order valence-corrected chi connectivity index (χ2v) is 15.0. The number of hydrogen-bond acceptors (Lipinski definition) is 3. The first kappa shape index (κ1) is 46.2. The Balaban J connectivity index is -0.000000562. The van der Waals surface area contributed by atoms with E-state index in [4.69, 9.17) is 0 Å². The molecule has 0 radical (unpaired) electrons. The van der Waals surface area contributed by atoms with Crippen molar-refractivity contribution in [2.75, 3.05) is 6.54 Å². The molecule has 0 saturated carbocycles. The number of nitrogens with one attached hydrogen (secondary N) is 1. The lowest BCUT2D eigenvalue weighted by atomic mass is 10.0. The zero-order chi connectivity index (χ0) is 33.6. The first-order valence-electron chi connectivity index (χ1n) is 18.4. The van der Waals surface area contributed by atoms with Crippen molar-refractivity contribution in [3.05, 3.63) is 0 Å². The summed E-state index contributed by atoms with van der Waals surface area (Å²) in [5.74, 6) is 4.06. The van der Waals surface area contributed by atoms with Crippen LogP contribution >= 0.6 is 0 Å². The average Bonchev–Trinajstić information content (AvgIpc) is 2.91. The number of rotatable bonds is 24. The first-order chi connectivity index (χ1) is 20.1. The van der Waals surface area contributed by atoms with Crippen LogP contribution in [0.2, 0.25) is 0 Å². The smallest absolute Gasteiger partial charge is 0.222 e. The van der Waals surface area contributed by atoms with Gasteiger partial charge in [-0.3, -0.25) is 14.4 Å². The maximum atomic E-state index is 11.4. The number of Topliss-reactive ketones (excluding diaryl/α,β-unsaturated/α-hetero) is 2. The fraction of sp³-hybridized carbons (Fsp3) is 0.923. The van der Waals surface area contributed by atoms with Gasteiger partial charge >= 0.3 is 0 Å². The molecule has 258 valence electrons. The highest BCUT2D eigenvalue weighted by Gasteiger charge is 2.07. The van der Waals surface area contributed by atoms with Gasteiger partial charge in [0.1, 0.15) is 11.6 Å². The van der Waals surface area contributed by atoms with Gasteiger partial charge in [0.2, 0.25) is 5.91 Å². The van der Waals surface area contributed by atoms with E-state index in [-0.39, 0.29) is 23.7 Å². The van der Waals surface area contributed by atoms with Crippen molar-refractivity contribution in [2.24, 2.45) is 35.5 Å². The molecule has 0 atom stereocenters. The number of unbranched alkanes of at least 4 members (excludes halogenated alkanes) is 9. The van der Waals surface area contributed by atoms with Crippen LogP contribution in [0.15, 0.2) is 0 Å². The Kier molecular flexibility index (Phi) is 34.6. The van der Waals surface area contributed by atoms with Gasteiger partial charge in [0.05, 0.1) is 0 Å². The number of carbonyl (C=O) groups excluding carboxylic acids is 3. The van der Waals surface area contributed by atoms with Crippen molar-refractivity contribution in [3.8, 4) is 0 Å². The van der Waals surface area contributed by atoms with Crippen LogP contribution in [0.5, 0.6) is 0 Å². The number of ketones is 2. The fourth-order valence-corrected chi connectivity index (χ4v) is 4.43. The van der Waals surface area contributed by atoms with Crippen molar-refractivity contribution in [1.29, 1.82) is 0 Å². The Morgan fingerprint density at radius 3 is 1.02 bits per heavy atom. The predicted octanol–water partition coefficient (Wildman–Crippen LogP) is 11.8. The Bertz CT molecular complexity index is 634. The van der Waals surface area contributed by atoms with Gasteiger partial charge in [-0.1, -0.05) is 160 Å². The minimum Gasteiger partial charge on any atom is -0.356 e. The van der Waals surface area contributed by atoms with Crippen LogP contribution < -0.4 is 5.32 Å². The lowest BCUT2D eigenvalue weighted by Gasteiger charge is -2.07. The monoisotopic (exact) mass is 610 g/mol. The number of hydrogen-bond donors (Lipinski definition) is 1. The third-order valence-corrected chi connectivity index (χ3v) is 7.73. The SMILES string of the molecule is CC(C)CCCCCC(=O)C(C)C.CC(C)CCCCCCCCC(=O)C(C)C.CC(C)CCCCCNC(=O)C(C)C. The van der Waals surface area contributed by atoms with Crippen molar-refractivity contribution < 1.29 is 14.4 Å². The number of amides is 1. The summed E-state index contributed by atoms with van der Waals surface area (Å²) in [7, 11) is 0. The molecule has 0 aromatic rings. The van der Waals surface area contributed by atoms with Crippen LogP contribution in [0, 0.1) is 35.5 Å². The van der Waals surface area contributed by atoms with E-state index in [1.807, 2.05) is 41.5 Å². The molecule has 0 unspecified atom stereocenters. The van der Waals surface area contributed by atoms with E-state index < -0.39 is 0 Å². The molecule has 1 amide bonds. The standard InChI is InChI=1S/C15H30O.C12H25NO.C12H24O/c1-13(2)11-9-7-5-6-8-10-12-15(16)14(3)4;1-10(2)8-6-5-7-9-13-12(14)11(3)4;1-10(2)8-6-5-7-9-12(13)11(3)4/h13-14H,5-12H2,1-4H3;10-11H,5-9H2,1-4H3,(H,13,14);10-11H,5-9H2,1-4H3. The normalized spacial score (nSPS) is 11.2. The van der Waals surface area contributed by atoms with Crippen LogP contribution in [-0.4, -0.2) is 24.0 Å². The van der Waals surface area contributed by atoms with Crippen LogP contribution in [0.4, 0.5) is 0 Å². The lowest BCUT2D eigenvalue weighted by Crippen LogP contribution is -2.28. The Morgan fingerprint density at radius 1 is 0.395 bits per heavy atom. The molecular weight excluding hydrogens is 530 g/mol. The van der Waals surface area contributed by atoms with Gasteiger partial charge in [-0.15, -0.1) is 0 Å². The third-order valence-electron chi connectivity index (χ3n) is 7.73. The molecule has 0 rings (SSSR count). The molecule has 4 heteroatoms. The Labute approximate surface area is 271 Å². The molecule has 0 aliphatic carbocycles. The van der Waals surface area contributed by atoms with E-state index in [0.717, 1.165) is 56.4 Å². The summed E-state index contributed by atoms with van der Waals surface area (Å²) in [5, 5.41) is 2.93. The van der Waals surface area contributed by atoms with Gasteiger partial charge in [-0.25, -0.2) is 0 Å². The van der Waals surface area contributed by atoms with Crippen molar-refractivity contribution in [2.45, 2.75) is 192 Å². The molecule has 43 heavy (non-hydrogen) atoms. The minimum absolute atomic E-state index is 0.116. The van der Waals surface area contributed by atoms with E-state index in [9.17, 15) is 14.4 Å². The molecule has 0 heterocycles. The van der Waals surface area contributed by atoms with Crippen LogP contribution in [-0.2, 0) is 14.4 Å². The molecule has 0 aliphatic heterocycles. The summed E-state index contributed by atoms with van der Waals surface area (Å²) >= 11 is 0. The van der Waals surface area contributed by atoms with Gasteiger partial charge in [-0.05, 0) is 37.0 Å². The summed E-state index contributed by atoms with van der Waals surface area (Å²) in [6, 6.07) is 0. The second-order valence-electron chi connectivity index (χ2n) is 15.0. The van der Waals surface area contributed by atoms with Gasteiger partial charge in [0, 0.05) is 37.1 Å². The van der Waals surface area contributed by atoms with E-state index in [2.05, 4.69) is 46.9 Å². The van der Waals surface area contributed by atoms with Crippen LogP contribution in [0.3, 0.4) is 0 Å². The van der Waals surface area contributed by atoms with Crippen molar-refractivity contribution in [1.82, 2.24) is 5.32 Å². The quantitative estimate of drug-likeness (QED) is 0.111. The average molecular weight is 610 g/mol. The molecule has 0 saturated heterocycles. The maximum absolute atomic E-state index is 11.4. The lowest BCUT2D eigenvalue weighted by molar-refractivity contribution is -0.124. The summed E-state index contributed by atoms with van der Waals surface area (Å²) in [6.45, 7) is 26.2. The molecule has 0 aromatic heterocycles. The molecule has 0 aromatic carbocycles. The van der Waals surface area contributed by atoms with Gasteiger partial charge in [0.25, 0.3) is 0 Å². The molecule has 0 bridgehead atoms. The summed E-state index contributed by atoms with van der Waals surface area (Å²) in [4.78, 5) is 33.8. The van der Waals surface area contributed by atoms with Crippen molar-refractivity contribution >= 4 is 17.5 Å². The van der Waals surface area contributed by atoms with Gasteiger partial charge < -0.3 is 5.32 Å². The molecular formula is C39H79NO3. The summed E-state index contributed by atoms with van der Waals surface area (Å²) < 4.78 is 0. The Morgan fingerprint density at radius 2 is 0.698 bits per heavy atom. The highest BCUT2D eigenvalue weighted by atomic mass is 16.2. The summed E-state index contributed by atoms with van der Waals surface area (Å²) in [6.07, 6.45) is 20.5. The molecule has 1 N–H and O–H groups in total. The fourth-order valence-electron chi connectivity index (χ4n) is 4.43. The highest BCUT2D eigenvalue weighted by Crippen LogP contribution is 2.13. The zero-order valence-corrected chi connectivity index (χ0v) is 31.4. The highest BCUT2D eigenvalue weighted by molar-refractivity contribution is 5.80. The van der Waals surface area contributed by atoms with E-state index in [0.29, 0.717) is 11.6 Å². The number of carbonyl (C=O) groups is 3. The zero-order valence-electron chi connectivity index (χ0n) is 31.4. The largest absolute Gasteiger partial charge is 0.356 e. The second kappa shape index (κ2) is 32.2. The predicted molar refractivity (Wildman–Crippen MR) is 191 cm³/mol. The van der Waals surface area contributed by atoms with Gasteiger partial charge in [0.15, 0.2) is 0 Å². The maximum Gasteiger partial charge on any atom is 0.222 e. The molecule has 0 spiro atoms. The molecule has 0 aliphatic rings. The van der Waals surface area contributed by atoms with Gasteiger partial charge in [-0.2, -0.15) is 0 Å². The van der Waals surface area contributed by atoms with Crippen molar-refractivity contribution in [3.63, 3.8) is 0 Å². The third kappa shape index (κ3) is 40.8. The first-order valence-corrected chi connectivity index (χ1v) is 18.4. The van der Waals surface area contributed by atoms with E-state index in [1.165, 1.54) is 77.0 Å². The topological polar surface area (TPSA) is 63.2 Å². The van der Waals surface area contributed by atoms with E-state index in [1.54, 1.807) is 0 Å². The van der Waals surface area contributed by atoms with Crippen LogP contribution in [0.25, 0.3) is 0 Å². The summed E-state index contributed by atoms with van der Waals surface area (Å²) in [5.41, 5.74) is 0.